The molecular formula is C19H20F2N2O3. The molecule has 0 heterocycles. The summed E-state index contributed by atoms with van der Waals surface area (Å²) >= 11 is 0. The molecule has 0 aliphatic rings. The van der Waals surface area contributed by atoms with Crippen LogP contribution in [-0.4, -0.2) is 18.4 Å². The topological polar surface area (TPSA) is 67.4 Å². The van der Waals surface area contributed by atoms with E-state index in [9.17, 15) is 18.4 Å². The Kier molecular flexibility index (Phi) is 6.66. The predicted octanol–water partition coefficient (Wildman–Crippen LogP) is 4.13. The first-order valence-corrected chi connectivity index (χ1v) is 8.13. The van der Waals surface area contributed by atoms with Crippen molar-refractivity contribution >= 4 is 17.5 Å². The molecule has 0 aliphatic heterocycles. The summed E-state index contributed by atoms with van der Waals surface area (Å²) in [6, 6.07) is 12.3. The highest BCUT2D eigenvalue weighted by molar-refractivity contribution is 5.95. The normalized spacial score (nSPS) is 11.7. The van der Waals surface area contributed by atoms with Crippen LogP contribution in [0.5, 0.6) is 5.75 Å². The lowest BCUT2D eigenvalue weighted by Gasteiger charge is -2.20. The predicted molar refractivity (Wildman–Crippen MR) is 94.3 cm³/mol. The lowest BCUT2D eigenvalue weighted by Crippen LogP contribution is -2.28. The third-order valence-corrected chi connectivity index (χ3v) is 3.69. The molecular weight excluding hydrogens is 342 g/mol. The van der Waals surface area contributed by atoms with E-state index in [1.165, 1.54) is 13.0 Å². The maximum absolute atomic E-state index is 12.6. The first-order valence-electron chi connectivity index (χ1n) is 8.13. The van der Waals surface area contributed by atoms with Crippen LogP contribution in [0.2, 0.25) is 0 Å². The molecule has 138 valence electrons. The molecule has 0 unspecified atom stereocenters. The number of carbonyl (C=O) groups is 2. The fourth-order valence-electron chi connectivity index (χ4n) is 2.52. The first-order chi connectivity index (χ1) is 12.4. The molecule has 7 heteroatoms. The Bertz CT molecular complexity index is 764. The average Bonchev–Trinajstić information content (AvgIpc) is 2.60. The molecule has 0 bridgehead atoms. The smallest absolute Gasteiger partial charge is 0.387 e. The molecule has 5 nitrogen and oxygen atoms in total. The van der Waals surface area contributed by atoms with E-state index >= 15 is 0 Å². The van der Waals surface area contributed by atoms with Crippen molar-refractivity contribution in [1.29, 1.82) is 0 Å². The Balaban J connectivity index is 2.15. The van der Waals surface area contributed by atoms with Crippen LogP contribution < -0.4 is 15.4 Å². The number of para-hydroxylation sites is 1. The van der Waals surface area contributed by atoms with Gasteiger partial charge in [0.05, 0.1) is 6.04 Å². The second-order valence-electron chi connectivity index (χ2n) is 5.61. The van der Waals surface area contributed by atoms with Crippen LogP contribution in [0.3, 0.4) is 0 Å². The lowest BCUT2D eigenvalue weighted by molar-refractivity contribution is -0.114. The number of amides is 2. The number of alkyl halides is 2. The molecule has 2 rings (SSSR count). The lowest BCUT2D eigenvalue weighted by atomic mass is 10.0. The second kappa shape index (κ2) is 8.94. The fraction of sp³-hybridized carbons (Fsp3) is 0.263. The Hall–Kier alpha value is -2.96. The molecule has 0 fully saturated rings. The first kappa shape index (κ1) is 19.4. The summed E-state index contributed by atoms with van der Waals surface area (Å²) in [5.74, 6) is -0.516. The van der Waals surface area contributed by atoms with Crippen LogP contribution in [0.15, 0.2) is 48.5 Å². The Morgan fingerprint density at radius 2 is 1.73 bits per heavy atom. The molecule has 2 aromatic carbocycles. The van der Waals surface area contributed by atoms with Gasteiger partial charge in [-0.3, -0.25) is 9.59 Å². The van der Waals surface area contributed by atoms with E-state index < -0.39 is 12.7 Å². The molecule has 0 spiro atoms. The quantitative estimate of drug-likeness (QED) is 0.778. The third kappa shape index (κ3) is 5.27. The number of rotatable bonds is 7. The van der Waals surface area contributed by atoms with Crippen LogP contribution in [0, 0.1) is 0 Å². The van der Waals surface area contributed by atoms with Crippen LogP contribution in [0.4, 0.5) is 14.5 Å². The molecule has 26 heavy (non-hydrogen) atoms. The Labute approximate surface area is 150 Å². The molecule has 2 amide bonds. The van der Waals surface area contributed by atoms with Gasteiger partial charge in [0.1, 0.15) is 5.75 Å². The van der Waals surface area contributed by atoms with Crippen LogP contribution >= 0.6 is 0 Å². The van der Waals surface area contributed by atoms with Crippen LogP contribution in [-0.2, 0) is 4.79 Å². The molecule has 0 aliphatic carbocycles. The zero-order chi connectivity index (χ0) is 19.1. The highest BCUT2D eigenvalue weighted by atomic mass is 19.3. The number of halogens is 2. The minimum absolute atomic E-state index is 0.0376. The SMILES string of the molecule is CC[C@@H](NC(=O)c1ccc(NC(C)=O)cc1)c1ccccc1OC(F)F. The molecule has 0 aromatic heterocycles. The highest BCUT2D eigenvalue weighted by Gasteiger charge is 2.19. The van der Waals surface area contributed by atoms with Gasteiger partial charge < -0.3 is 15.4 Å². The number of benzene rings is 2. The van der Waals surface area contributed by atoms with Crippen molar-refractivity contribution in [2.75, 3.05) is 5.32 Å². The van der Waals surface area contributed by atoms with E-state index in [-0.39, 0.29) is 17.6 Å². The number of ether oxygens (including phenoxy) is 1. The van der Waals surface area contributed by atoms with E-state index in [1.807, 2.05) is 6.92 Å². The van der Waals surface area contributed by atoms with Gasteiger partial charge in [-0.25, -0.2) is 0 Å². The Morgan fingerprint density at radius 1 is 1.08 bits per heavy atom. The number of hydrogen-bond acceptors (Lipinski definition) is 3. The molecule has 0 saturated carbocycles. The van der Waals surface area contributed by atoms with Gasteiger partial charge in [-0.2, -0.15) is 8.78 Å². The fourth-order valence-corrected chi connectivity index (χ4v) is 2.52. The maximum Gasteiger partial charge on any atom is 0.387 e. The van der Waals surface area contributed by atoms with Gasteiger partial charge in [0.25, 0.3) is 5.91 Å². The zero-order valence-corrected chi connectivity index (χ0v) is 14.5. The monoisotopic (exact) mass is 362 g/mol. The van der Waals surface area contributed by atoms with Crippen molar-refractivity contribution in [3.63, 3.8) is 0 Å². The maximum atomic E-state index is 12.6. The van der Waals surface area contributed by atoms with Crippen molar-refractivity contribution < 1.29 is 23.1 Å². The van der Waals surface area contributed by atoms with Gasteiger partial charge in [-0.05, 0) is 36.8 Å². The van der Waals surface area contributed by atoms with E-state index in [4.69, 9.17) is 0 Å². The molecule has 1 atom stereocenters. The minimum atomic E-state index is -2.94. The van der Waals surface area contributed by atoms with E-state index in [0.29, 0.717) is 23.2 Å². The van der Waals surface area contributed by atoms with Gasteiger partial charge in [-0.1, -0.05) is 25.1 Å². The number of hydrogen-bond donors (Lipinski definition) is 2. The van der Waals surface area contributed by atoms with Gasteiger partial charge in [0.15, 0.2) is 0 Å². The number of anilines is 1. The van der Waals surface area contributed by atoms with Crippen molar-refractivity contribution in [2.24, 2.45) is 0 Å². The second-order valence-corrected chi connectivity index (χ2v) is 5.61. The van der Waals surface area contributed by atoms with E-state index in [1.54, 1.807) is 42.5 Å². The number of carbonyl (C=O) groups excluding carboxylic acids is 2. The molecule has 0 saturated heterocycles. The van der Waals surface area contributed by atoms with Crippen molar-refractivity contribution in [3.05, 3.63) is 59.7 Å². The van der Waals surface area contributed by atoms with Crippen molar-refractivity contribution in [1.82, 2.24) is 5.32 Å². The Morgan fingerprint density at radius 3 is 2.31 bits per heavy atom. The van der Waals surface area contributed by atoms with Gasteiger partial charge >= 0.3 is 6.61 Å². The summed E-state index contributed by atoms with van der Waals surface area (Å²) in [5.41, 5.74) is 1.46. The summed E-state index contributed by atoms with van der Waals surface area (Å²) in [6.07, 6.45) is 0.499. The van der Waals surface area contributed by atoms with Crippen LogP contribution in [0.1, 0.15) is 42.2 Å². The average molecular weight is 362 g/mol. The summed E-state index contributed by atoms with van der Waals surface area (Å²) in [5, 5.41) is 5.44. The summed E-state index contributed by atoms with van der Waals surface area (Å²) < 4.78 is 29.7. The highest BCUT2D eigenvalue weighted by Crippen LogP contribution is 2.28. The van der Waals surface area contributed by atoms with Gasteiger partial charge in [0.2, 0.25) is 5.91 Å². The summed E-state index contributed by atoms with van der Waals surface area (Å²) in [7, 11) is 0. The molecule has 2 aromatic rings. The molecule has 2 N–H and O–H groups in total. The van der Waals surface area contributed by atoms with E-state index in [2.05, 4.69) is 15.4 Å². The van der Waals surface area contributed by atoms with Crippen molar-refractivity contribution in [3.8, 4) is 5.75 Å². The largest absolute Gasteiger partial charge is 0.434 e. The zero-order valence-electron chi connectivity index (χ0n) is 14.5. The van der Waals surface area contributed by atoms with Crippen LogP contribution in [0.25, 0.3) is 0 Å². The molecule has 0 radical (unpaired) electrons. The third-order valence-electron chi connectivity index (χ3n) is 3.69. The minimum Gasteiger partial charge on any atom is -0.434 e. The van der Waals surface area contributed by atoms with Crippen molar-refractivity contribution in [2.45, 2.75) is 32.9 Å². The summed E-state index contributed by atoms with van der Waals surface area (Å²) in [4.78, 5) is 23.5. The van der Waals surface area contributed by atoms with Gasteiger partial charge in [0, 0.05) is 23.7 Å². The number of nitrogens with one attached hydrogen (secondary N) is 2. The standard InChI is InChI=1S/C19H20F2N2O3/c1-3-16(15-6-4-5-7-17(15)26-19(20)21)23-18(25)13-8-10-14(11-9-13)22-12(2)24/h4-11,16,19H,3H2,1-2H3,(H,22,24)(H,23,25)/t16-/m1/s1. The summed E-state index contributed by atoms with van der Waals surface area (Å²) in [6.45, 7) is 0.292. The van der Waals surface area contributed by atoms with E-state index in [0.717, 1.165) is 0 Å². The van der Waals surface area contributed by atoms with Gasteiger partial charge in [-0.15, -0.1) is 0 Å².